The average molecular weight is 430 g/mol. The number of nitrogens with one attached hydrogen (secondary N) is 1. The van der Waals surface area contributed by atoms with E-state index in [1.807, 2.05) is 19.9 Å². The van der Waals surface area contributed by atoms with Crippen LogP contribution in [-0.4, -0.2) is 48.9 Å². The Labute approximate surface area is 177 Å². The van der Waals surface area contributed by atoms with Gasteiger partial charge in [0.1, 0.15) is 0 Å². The summed E-state index contributed by atoms with van der Waals surface area (Å²) >= 11 is 1.20. The second kappa shape index (κ2) is 8.99. The molecular formula is C19H23N7O3S. The molecule has 0 spiro atoms. The first-order chi connectivity index (χ1) is 14.3. The molecule has 2 heterocycles. The highest BCUT2D eigenvalue weighted by Crippen LogP contribution is 2.22. The molecule has 2 aromatic heterocycles. The van der Waals surface area contributed by atoms with Crippen molar-refractivity contribution in [2.75, 3.05) is 13.0 Å². The third kappa shape index (κ3) is 4.62. The number of esters is 1. The number of nitrogens with two attached hydrogens (primary N) is 1. The Kier molecular flexibility index (Phi) is 6.40. The molecule has 3 aromatic rings. The molecule has 1 aromatic carbocycles. The molecule has 3 rings (SSSR count). The molecule has 1 amide bonds. The number of carbonyl (C=O) groups is 2. The molecular weight excluding hydrogens is 406 g/mol. The Bertz CT molecular complexity index is 1060. The summed E-state index contributed by atoms with van der Waals surface area (Å²) < 4.78 is 7.59. The third-order valence-electron chi connectivity index (χ3n) is 4.34. The second-order valence-corrected chi connectivity index (χ2v) is 7.97. The zero-order valence-corrected chi connectivity index (χ0v) is 17.9. The van der Waals surface area contributed by atoms with Crippen LogP contribution in [0.25, 0.3) is 5.95 Å². The van der Waals surface area contributed by atoms with E-state index in [9.17, 15) is 9.59 Å². The molecule has 0 aliphatic rings. The van der Waals surface area contributed by atoms with E-state index in [1.165, 1.54) is 23.5 Å². The monoisotopic (exact) mass is 429 g/mol. The van der Waals surface area contributed by atoms with Gasteiger partial charge in [-0.1, -0.05) is 23.9 Å². The predicted molar refractivity (Wildman–Crippen MR) is 112 cm³/mol. The van der Waals surface area contributed by atoms with Gasteiger partial charge >= 0.3 is 5.97 Å². The molecule has 3 N–H and O–H groups in total. The van der Waals surface area contributed by atoms with Crippen molar-refractivity contribution in [1.82, 2.24) is 30.0 Å². The van der Waals surface area contributed by atoms with Crippen LogP contribution in [0.15, 0.2) is 35.5 Å². The van der Waals surface area contributed by atoms with E-state index < -0.39 is 11.2 Å². The number of nitrogen functional groups attached to an aromatic ring is 1. The first-order valence-corrected chi connectivity index (χ1v) is 10.0. The molecule has 10 nitrogen and oxygen atoms in total. The van der Waals surface area contributed by atoms with E-state index in [-0.39, 0.29) is 5.91 Å². The maximum absolute atomic E-state index is 12.5. The van der Waals surface area contributed by atoms with Gasteiger partial charge in [-0.3, -0.25) is 4.79 Å². The number of ether oxygens (including phenoxy) is 1. The number of nitrogens with zero attached hydrogens (tertiary/aromatic N) is 5. The number of benzene rings is 1. The van der Waals surface area contributed by atoms with Crippen LogP contribution in [0.4, 0.5) is 0 Å². The zero-order chi connectivity index (χ0) is 21.8. The SMILES string of the molecule is COC(=O)c1ccc(CNC(=O)C(C)Sc2nnc(-n3nc(C)cc3C)n2N)cc1. The number of hydrogen-bond acceptors (Lipinski definition) is 8. The smallest absolute Gasteiger partial charge is 0.337 e. The normalized spacial score (nSPS) is 11.9. The van der Waals surface area contributed by atoms with Gasteiger partial charge in [0.05, 0.1) is 23.6 Å². The number of aromatic nitrogens is 5. The zero-order valence-electron chi connectivity index (χ0n) is 17.1. The van der Waals surface area contributed by atoms with Gasteiger partial charge in [0.2, 0.25) is 11.1 Å². The third-order valence-corrected chi connectivity index (χ3v) is 5.40. The lowest BCUT2D eigenvalue weighted by Gasteiger charge is -2.12. The molecule has 0 fully saturated rings. The minimum absolute atomic E-state index is 0.173. The van der Waals surface area contributed by atoms with Crippen molar-refractivity contribution < 1.29 is 14.3 Å². The van der Waals surface area contributed by atoms with Crippen molar-refractivity contribution in [2.45, 2.75) is 37.7 Å². The fourth-order valence-corrected chi connectivity index (χ4v) is 3.54. The van der Waals surface area contributed by atoms with Crippen molar-refractivity contribution in [1.29, 1.82) is 0 Å². The minimum Gasteiger partial charge on any atom is -0.465 e. The van der Waals surface area contributed by atoms with Gasteiger partial charge in [0.25, 0.3) is 5.95 Å². The van der Waals surface area contributed by atoms with Crippen LogP contribution in [0.1, 0.15) is 34.2 Å². The summed E-state index contributed by atoms with van der Waals surface area (Å²) in [6, 6.07) is 8.75. The summed E-state index contributed by atoms with van der Waals surface area (Å²) in [4.78, 5) is 23.9. The molecule has 0 saturated heterocycles. The number of amides is 1. The molecule has 1 atom stereocenters. The number of thioether (sulfide) groups is 1. The average Bonchev–Trinajstić information content (AvgIpc) is 3.26. The van der Waals surface area contributed by atoms with E-state index in [4.69, 9.17) is 5.84 Å². The van der Waals surface area contributed by atoms with Gasteiger partial charge in [-0.05, 0) is 44.5 Å². The van der Waals surface area contributed by atoms with Crippen molar-refractivity contribution >= 4 is 23.6 Å². The second-order valence-electron chi connectivity index (χ2n) is 6.66. The molecule has 0 radical (unpaired) electrons. The molecule has 158 valence electrons. The molecule has 0 bridgehead atoms. The molecule has 0 aliphatic heterocycles. The molecule has 0 aliphatic carbocycles. The summed E-state index contributed by atoms with van der Waals surface area (Å²) in [5, 5.41) is 15.3. The lowest BCUT2D eigenvalue weighted by Crippen LogP contribution is -2.31. The molecule has 30 heavy (non-hydrogen) atoms. The number of methoxy groups -OCH3 is 1. The number of rotatable bonds is 7. The van der Waals surface area contributed by atoms with Crippen LogP contribution in [0.5, 0.6) is 0 Å². The van der Waals surface area contributed by atoms with Gasteiger partial charge < -0.3 is 15.9 Å². The van der Waals surface area contributed by atoms with E-state index in [0.29, 0.717) is 23.2 Å². The van der Waals surface area contributed by atoms with Gasteiger partial charge in [-0.25, -0.2) is 14.2 Å². The van der Waals surface area contributed by atoms with E-state index in [1.54, 1.807) is 35.9 Å². The summed E-state index contributed by atoms with van der Waals surface area (Å²) in [6.07, 6.45) is 0. The Morgan fingerprint density at radius 2 is 1.93 bits per heavy atom. The summed E-state index contributed by atoms with van der Waals surface area (Å²) in [6.45, 7) is 5.87. The van der Waals surface area contributed by atoms with Crippen LogP contribution in [0.2, 0.25) is 0 Å². The number of carbonyl (C=O) groups excluding carboxylic acids is 2. The topological polar surface area (TPSA) is 130 Å². The van der Waals surface area contributed by atoms with Crippen molar-refractivity contribution in [2.24, 2.45) is 0 Å². The van der Waals surface area contributed by atoms with Crippen molar-refractivity contribution in [3.8, 4) is 5.95 Å². The fourth-order valence-electron chi connectivity index (χ4n) is 2.75. The fraction of sp³-hybridized carbons (Fsp3) is 0.316. The molecule has 0 saturated carbocycles. The van der Waals surface area contributed by atoms with Crippen molar-refractivity contribution in [3.05, 3.63) is 52.8 Å². The Morgan fingerprint density at radius 1 is 1.23 bits per heavy atom. The highest BCUT2D eigenvalue weighted by Gasteiger charge is 2.21. The highest BCUT2D eigenvalue weighted by atomic mass is 32.2. The maximum Gasteiger partial charge on any atom is 0.337 e. The van der Waals surface area contributed by atoms with Gasteiger partial charge in [0, 0.05) is 12.2 Å². The van der Waals surface area contributed by atoms with Crippen LogP contribution < -0.4 is 11.2 Å². The first-order valence-electron chi connectivity index (χ1n) is 9.16. The lowest BCUT2D eigenvalue weighted by molar-refractivity contribution is -0.120. The lowest BCUT2D eigenvalue weighted by atomic mass is 10.1. The van der Waals surface area contributed by atoms with Crippen LogP contribution in [0, 0.1) is 13.8 Å². The van der Waals surface area contributed by atoms with E-state index in [0.717, 1.165) is 17.0 Å². The standard InChI is InChI=1S/C19H23N7O3S/c1-11-9-12(2)26(24-11)18-22-23-19(25(18)20)30-13(3)16(27)21-10-14-5-7-15(8-6-14)17(28)29-4/h5-9,13H,10,20H2,1-4H3,(H,21,27). The van der Waals surface area contributed by atoms with E-state index in [2.05, 4.69) is 25.3 Å². The van der Waals surface area contributed by atoms with Crippen molar-refractivity contribution in [3.63, 3.8) is 0 Å². The van der Waals surface area contributed by atoms with Crippen LogP contribution >= 0.6 is 11.8 Å². The Balaban J connectivity index is 1.59. The molecule has 11 heteroatoms. The Morgan fingerprint density at radius 3 is 2.53 bits per heavy atom. The van der Waals surface area contributed by atoms with E-state index >= 15 is 0 Å². The molecule has 1 unspecified atom stereocenters. The summed E-state index contributed by atoms with van der Waals surface area (Å²) in [5.74, 6) is 5.92. The van der Waals surface area contributed by atoms with Crippen LogP contribution in [0.3, 0.4) is 0 Å². The summed E-state index contributed by atoms with van der Waals surface area (Å²) in [5.41, 5.74) is 3.04. The van der Waals surface area contributed by atoms with Gasteiger partial charge in [0.15, 0.2) is 0 Å². The predicted octanol–water partition coefficient (Wildman–Crippen LogP) is 1.38. The largest absolute Gasteiger partial charge is 0.465 e. The quantitative estimate of drug-likeness (QED) is 0.327. The maximum atomic E-state index is 12.5. The highest BCUT2D eigenvalue weighted by molar-refractivity contribution is 8.00. The first kappa shape index (κ1) is 21.4. The number of hydrogen-bond donors (Lipinski definition) is 2. The van der Waals surface area contributed by atoms with Gasteiger partial charge in [-0.15, -0.1) is 10.2 Å². The van der Waals surface area contributed by atoms with Crippen LogP contribution in [-0.2, 0) is 16.1 Å². The van der Waals surface area contributed by atoms with Gasteiger partial charge in [-0.2, -0.15) is 5.10 Å². The minimum atomic E-state index is -0.445. The Hall–Kier alpha value is -3.34. The summed E-state index contributed by atoms with van der Waals surface area (Å²) in [7, 11) is 1.33. The number of aryl methyl sites for hydroxylation is 2.